The molecule has 25 heavy (non-hydrogen) atoms. The molecule has 1 aliphatic heterocycles. The lowest BCUT2D eigenvalue weighted by atomic mass is 10.1. The van der Waals surface area contributed by atoms with Gasteiger partial charge in [0.05, 0.1) is 6.04 Å². The summed E-state index contributed by atoms with van der Waals surface area (Å²) >= 11 is 7.78. The molecule has 1 aromatic carbocycles. The molecule has 0 saturated carbocycles. The molecule has 4 nitrogen and oxygen atoms in total. The second kappa shape index (κ2) is 8.32. The first-order chi connectivity index (χ1) is 12.0. The SMILES string of the molecule is Cc1ccc(Cl)cc1NC(=O)[C@@H](C)N1CCN(Cc2ccsc2)CC1. The van der Waals surface area contributed by atoms with E-state index in [2.05, 4.69) is 31.9 Å². The van der Waals surface area contributed by atoms with Crippen molar-refractivity contribution in [3.63, 3.8) is 0 Å². The Morgan fingerprint density at radius 3 is 2.72 bits per heavy atom. The minimum Gasteiger partial charge on any atom is -0.324 e. The Morgan fingerprint density at radius 2 is 2.04 bits per heavy atom. The van der Waals surface area contributed by atoms with Gasteiger partial charge in [-0.1, -0.05) is 17.7 Å². The maximum atomic E-state index is 12.6. The zero-order chi connectivity index (χ0) is 17.8. The van der Waals surface area contributed by atoms with E-state index in [9.17, 15) is 4.79 Å². The van der Waals surface area contributed by atoms with Crippen LogP contribution in [0.5, 0.6) is 0 Å². The minimum absolute atomic E-state index is 0.0247. The molecular formula is C19H24ClN3OS. The van der Waals surface area contributed by atoms with Gasteiger partial charge in [-0.2, -0.15) is 11.3 Å². The number of anilines is 1. The van der Waals surface area contributed by atoms with Gasteiger partial charge < -0.3 is 5.32 Å². The van der Waals surface area contributed by atoms with E-state index in [4.69, 9.17) is 11.6 Å². The molecule has 6 heteroatoms. The molecule has 1 aromatic heterocycles. The standard InChI is InChI=1S/C19H24ClN3OS/c1-14-3-4-17(20)11-18(14)21-19(24)15(2)23-8-6-22(7-9-23)12-16-5-10-25-13-16/h3-5,10-11,13,15H,6-9,12H2,1-2H3,(H,21,24)/t15-/m1/s1. The highest BCUT2D eigenvalue weighted by molar-refractivity contribution is 7.07. The van der Waals surface area contributed by atoms with Crippen LogP contribution in [0.1, 0.15) is 18.1 Å². The lowest BCUT2D eigenvalue weighted by Crippen LogP contribution is -2.52. The van der Waals surface area contributed by atoms with Gasteiger partial charge in [-0.25, -0.2) is 0 Å². The van der Waals surface area contributed by atoms with Crippen LogP contribution in [-0.4, -0.2) is 47.9 Å². The van der Waals surface area contributed by atoms with Crippen LogP contribution in [0.15, 0.2) is 35.0 Å². The molecule has 3 rings (SSSR count). The lowest BCUT2D eigenvalue weighted by Gasteiger charge is -2.37. The summed E-state index contributed by atoms with van der Waals surface area (Å²) in [6, 6.07) is 7.59. The van der Waals surface area contributed by atoms with Crippen molar-refractivity contribution in [2.75, 3.05) is 31.5 Å². The molecule has 1 amide bonds. The van der Waals surface area contributed by atoms with E-state index in [1.807, 2.05) is 26.0 Å². The average Bonchev–Trinajstić information content (AvgIpc) is 3.11. The van der Waals surface area contributed by atoms with Crippen LogP contribution in [0.3, 0.4) is 0 Å². The molecule has 0 bridgehead atoms. The third kappa shape index (κ3) is 4.82. The number of nitrogens with one attached hydrogen (secondary N) is 1. The van der Waals surface area contributed by atoms with Crippen LogP contribution in [0.4, 0.5) is 5.69 Å². The molecule has 134 valence electrons. The van der Waals surface area contributed by atoms with Crippen molar-refractivity contribution < 1.29 is 4.79 Å². The number of benzene rings is 1. The van der Waals surface area contributed by atoms with Gasteiger partial charge in [-0.05, 0) is 53.9 Å². The molecule has 0 aliphatic carbocycles. The molecule has 1 N–H and O–H groups in total. The van der Waals surface area contributed by atoms with Gasteiger partial charge in [0.25, 0.3) is 0 Å². The minimum atomic E-state index is -0.151. The quantitative estimate of drug-likeness (QED) is 0.859. The Kier molecular flexibility index (Phi) is 6.12. The molecule has 1 saturated heterocycles. The van der Waals surface area contributed by atoms with Crippen LogP contribution < -0.4 is 5.32 Å². The number of amides is 1. The molecule has 0 radical (unpaired) electrons. The van der Waals surface area contributed by atoms with E-state index < -0.39 is 0 Å². The fourth-order valence-corrected chi connectivity index (χ4v) is 3.91. The van der Waals surface area contributed by atoms with Crippen molar-refractivity contribution in [2.45, 2.75) is 26.4 Å². The third-order valence-electron chi connectivity index (χ3n) is 4.78. The van der Waals surface area contributed by atoms with E-state index in [0.717, 1.165) is 44.0 Å². The highest BCUT2D eigenvalue weighted by Crippen LogP contribution is 2.21. The van der Waals surface area contributed by atoms with Crippen LogP contribution >= 0.6 is 22.9 Å². The summed E-state index contributed by atoms with van der Waals surface area (Å²) in [7, 11) is 0. The second-order valence-electron chi connectivity index (χ2n) is 6.57. The first-order valence-electron chi connectivity index (χ1n) is 8.57. The second-order valence-corrected chi connectivity index (χ2v) is 7.78. The van der Waals surface area contributed by atoms with Crippen LogP contribution in [0.2, 0.25) is 5.02 Å². The Morgan fingerprint density at radius 1 is 1.28 bits per heavy atom. The van der Waals surface area contributed by atoms with Crippen molar-refractivity contribution in [1.29, 1.82) is 0 Å². The normalized spacial score (nSPS) is 17.4. The number of aryl methyl sites for hydroxylation is 1. The summed E-state index contributed by atoms with van der Waals surface area (Å²) < 4.78 is 0. The highest BCUT2D eigenvalue weighted by Gasteiger charge is 2.25. The number of carbonyl (C=O) groups excluding carboxylic acids is 1. The van der Waals surface area contributed by atoms with Gasteiger partial charge >= 0.3 is 0 Å². The Balaban J connectivity index is 1.52. The average molecular weight is 378 g/mol. The van der Waals surface area contributed by atoms with Gasteiger partial charge in [0.15, 0.2) is 0 Å². The summed E-state index contributed by atoms with van der Waals surface area (Å²) in [5, 5.41) is 7.98. The van der Waals surface area contributed by atoms with Crippen LogP contribution in [-0.2, 0) is 11.3 Å². The van der Waals surface area contributed by atoms with Crippen LogP contribution in [0.25, 0.3) is 0 Å². The predicted molar refractivity (Wildman–Crippen MR) is 105 cm³/mol. The Hall–Kier alpha value is -1.40. The van der Waals surface area contributed by atoms with Crippen molar-refractivity contribution in [3.05, 3.63) is 51.2 Å². The summed E-state index contributed by atoms with van der Waals surface area (Å²) in [6.07, 6.45) is 0. The van der Waals surface area contributed by atoms with Gasteiger partial charge in [0.1, 0.15) is 0 Å². The lowest BCUT2D eigenvalue weighted by molar-refractivity contribution is -0.121. The number of thiophene rings is 1. The number of piperazine rings is 1. The monoisotopic (exact) mass is 377 g/mol. The molecule has 1 aliphatic rings. The summed E-state index contributed by atoms with van der Waals surface area (Å²) in [4.78, 5) is 17.3. The topological polar surface area (TPSA) is 35.6 Å². The van der Waals surface area contributed by atoms with Gasteiger partial charge in [-0.3, -0.25) is 14.6 Å². The van der Waals surface area contributed by atoms with Crippen molar-refractivity contribution in [2.24, 2.45) is 0 Å². The number of carbonyl (C=O) groups is 1. The summed E-state index contributed by atoms with van der Waals surface area (Å²) in [5.41, 5.74) is 3.19. The highest BCUT2D eigenvalue weighted by atomic mass is 35.5. The molecule has 0 unspecified atom stereocenters. The van der Waals surface area contributed by atoms with Crippen molar-refractivity contribution in [1.82, 2.24) is 9.80 Å². The Labute approximate surface area is 158 Å². The number of hydrogen-bond donors (Lipinski definition) is 1. The largest absolute Gasteiger partial charge is 0.324 e. The summed E-state index contributed by atoms with van der Waals surface area (Å²) in [6.45, 7) is 8.75. The fourth-order valence-electron chi connectivity index (χ4n) is 3.08. The molecule has 1 fully saturated rings. The van der Waals surface area contributed by atoms with Crippen molar-refractivity contribution in [3.8, 4) is 0 Å². The van der Waals surface area contributed by atoms with Crippen LogP contribution in [0, 0.1) is 6.92 Å². The Bertz CT molecular complexity index is 711. The molecule has 0 spiro atoms. The number of rotatable bonds is 5. The maximum absolute atomic E-state index is 12.6. The number of nitrogens with zero attached hydrogens (tertiary/aromatic N) is 2. The van der Waals surface area contributed by atoms with Gasteiger partial charge in [0.2, 0.25) is 5.91 Å². The molecule has 1 atom stereocenters. The zero-order valence-electron chi connectivity index (χ0n) is 14.7. The molecular weight excluding hydrogens is 354 g/mol. The first-order valence-corrected chi connectivity index (χ1v) is 9.89. The van der Waals surface area contributed by atoms with Crippen molar-refractivity contribution >= 4 is 34.5 Å². The molecule has 2 heterocycles. The van der Waals surface area contributed by atoms with E-state index in [1.54, 1.807) is 17.4 Å². The predicted octanol–water partition coefficient (Wildman–Crippen LogP) is 3.85. The van der Waals surface area contributed by atoms with E-state index >= 15 is 0 Å². The van der Waals surface area contributed by atoms with Gasteiger partial charge in [0, 0.05) is 43.4 Å². The third-order valence-corrected chi connectivity index (χ3v) is 5.74. The zero-order valence-corrected chi connectivity index (χ0v) is 16.2. The fraction of sp³-hybridized carbons (Fsp3) is 0.421. The summed E-state index contributed by atoms with van der Waals surface area (Å²) in [5.74, 6) is 0.0247. The molecule has 2 aromatic rings. The van der Waals surface area contributed by atoms with E-state index in [0.29, 0.717) is 5.02 Å². The van der Waals surface area contributed by atoms with E-state index in [1.165, 1.54) is 5.56 Å². The number of hydrogen-bond acceptors (Lipinski definition) is 4. The van der Waals surface area contributed by atoms with Gasteiger partial charge in [-0.15, -0.1) is 0 Å². The maximum Gasteiger partial charge on any atom is 0.241 e. The van der Waals surface area contributed by atoms with E-state index in [-0.39, 0.29) is 11.9 Å². The first kappa shape index (κ1) is 18.4. The smallest absolute Gasteiger partial charge is 0.241 e. The number of halogens is 1.